The fraction of sp³-hybridized carbons (Fsp3) is 0.667. The van der Waals surface area contributed by atoms with Crippen LogP contribution >= 0.6 is 11.6 Å². The lowest BCUT2D eigenvalue weighted by molar-refractivity contribution is 0.457. The molecule has 3 rings (SSSR count). The minimum atomic E-state index is 0.831. The Morgan fingerprint density at radius 2 is 2.00 bits per heavy atom. The second-order valence-electron chi connectivity index (χ2n) is 5.65. The minimum Gasteiger partial charge on any atom is -0.370 e. The highest BCUT2D eigenvalue weighted by molar-refractivity contribution is 6.31. The van der Waals surface area contributed by atoms with Crippen molar-refractivity contribution in [1.29, 1.82) is 0 Å². The highest BCUT2D eigenvalue weighted by Crippen LogP contribution is 2.34. The number of rotatable bonds is 2. The molecule has 0 aromatic carbocycles. The van der Waals surface area contributed by atoms with E-state index in [4.69, 9.17) is 11.6 Å². The summed E-state index contributed by atoms with van der Waals surface area (Å²) in [5, 5.41) is 4.22. The lowest BCUT2D eigenvalue weighted by Gasteiger charge is -2.17. The monoisotopic (exact) mass is 264 g/mol. The number of pyridine rings is 1. The van der Waals surface area contributed by atoms with Crippen LogP contribution in [0.2, 0.25) is 5.02 Å². The van der Waals surface area contributed by atoms with Crippen LogP contribution in [0.25, 0.3) is 0 Å². The molecule has 0 unspecified atom stereocenters. The summed E-state index contributed by atoms with van der Waals surface area (Å²) in [6, 6.07) is 0. The third-order valence-electron chi connectivity index (χ3n) is 4.38. The van der Waals surface area contributed by atoms with Gasteiger partial charge in [0, 0.05) is 18.3 Å². The SMILES string of the molecule is Clc1cnc2c(c1CC1CCCCCC1)CCN2. The van der Waals surface area contributed by atoms with Gasteiger partial charge in [-0.3, -0.25) is 0 Å². The third-order valence-corrected chi connectivity index (χ3v) is 4.71. The van der Waals surface area contributed by atoms with Gasteiger partial charge >= 0.3 is 0 Å². The van der Waals surface area contributed by atoms with Gasteiger partial charge in [-0.1, -0.05) is 50.1 Å². The van der Waals surface area contributed by atoms with E-state index >= 15 is 0 Å². The molecule has 2 aliphatic rings. The van der Waals surface area contributed by atoms with Gasteiger partial charge < -0.3 is 5.32 Å². The fourth-order valence-corrected chi connectivity index (χ4v) is 3.61. The zero-order chi connectivity index (χ0) is 12.4. The smallest absolute Gasteiger partial charge is 0.129 e. The van der Waals surface area contributed by atoms with E-state index in [-0.39, 0.29) is 0 Å². The van der Waals surface area contributed by atoms with Crippen molar-refractivity contribution >= 4 is 17.4 Å². The van der Waals surface area contributed by atoms with Crippen LogP contribution in [0.1, 0.15) is 49.7 Å². The maximum absolute atomic E-state index is 6.38. The highest BCUT2D eigenvalue weighted by Gasteiger charge is 2.21. The van der Waals surface area contributed by atoms with Crippen LogP contribution in [0, 0.1) is 5.92 Å². The number of anilines is 1. The summed E-state index contributed by atoms with van der Waals surface area (Å²) in [4.78, 5) is 4.39. The van der Waals surface area contributed by atoms with Gasteiger partial charge in [-0.15, -0.1) is 0 Å². The first-order valence-electron chi connectivity index (χ1n) is 7.24. The molecule has 98 valence electrons. The standard InChI is InChI=1S/C15H21ClN2/c16-14-10-18-15-12(7-8-17-15)13(14)9-11-5-3-1-2-4-6-11/h10-11H,1-9H2,(H,17,18). The molecule has 1 fully saturated rings. The van der Waals surface area contributed by atoms with Gasteiger partial charge in [-0.25, -0.2) is 4.98 Å². The highest BCUT2D eigenvalue weighted by atomic mass is 35.5. The van der Waals surface area contributed by atoms with Gasteiger partial charge in [0.1, 0.15) is 5.82 Å². The second kappa shape index (κ2) is 5.48. The zero-order valence-electron chi connectivity index (χ0n) is 10.8. The van der Waals surface area contributed by atoms with Crippen molar-refractivity contribution in [2.45, 2.75) is 51.4 Å². The Hall–Kier alpha value is -0.760. The molecule has 0 amide bonds. The van der Waals surface area contributed by atoms with Crippen LogP contribution in [-0.2, 0) is 12.8 Å². The van der Waals surface area contributed by atoms with Gasteiger partial charge in [0.15, 0.2) is 0 Å². The molecule has 0 radical (unpaired) electrons. The molecule has 1 aromatic rings. The number of fused-ring (bicyclic) bond motifs is 1. The van der Waals surface area contributed by atoms with Crippen LogP contribution in [0.5, 0.6) is 0 Å². The summed E-state index contributed by atoms with van der Waals surface area (Å²) in [6.07, 6.45) is 12.4. The van der Waals surface area contributed by atoms with Crippen molar-refractivity contribution < 1.29 is 0 Å². The largest absolute Gasteiger partial charge is 0.370 e. The maximum Gasteiger partial charge on any atom is 0.129 e. The summed E-state index contributed by atoms with van der Waals surface area (Å²) >= 11 is 6.38. The Morgan fingerprint density at radius 1 is 1.22 bits per heavy atom. The first-order valence-corrected chi connectivity index (χ1v) is 7.62. The van der Waals surface area contributed by atoms with Crippen molar-refractivity contribution in [3.8, 4) is 0 Å². The number of hydrogen-bond acceptors (Lipinski definition) is 2. The van der Waals surface area contributed by atoms with Gasteiger partial charge in [-0.2, -0.15) is 0 Å². The van der Waals surface area contributed by atoms with Crippen molar-refractivity contribution in [3.05, 3.63) is 22.3 Å². The van der Waals surface area contributed by atoms with Crippen LogP contribution in [0.15, 0.2) is 6.20 Å². The number of hydrogen-bond donors (Lipinski definition) is 1. The molecule has 1 aliphatic carbocycles. The summed E-state index contributed by atoms with van der Waals surface area (Å²) in [5.41, 5.74) is 2.75. The van der Waals surface area contributed by atoms with Gasteiger partial charge in [0.2, 0.25) is 0 Å². The number of nitrogens with zero attached hydrogens (tertiary/aromatic N) is 1. The number of nitrogens with one attached hydrogen (secondary N) is 1. The van der Waals surface area contributed by atoms with Crippen LogP contribution in [-0.4, -0.2) is 11.5 Å². The minimum absolute atomic E-state index is 0.831. The molecule has 3 heteroatoms. The van der Waals surface area contributed by atoms with Crippen LogP contribution in [0.3, 0.4) is 0 Å². The van der Waals surface area contributed by atoms with Gasteiger partial charge in [0.25, 0.3) is 0 Å². The van der Waals surface area contributed by atoms with E-state index in [1.807, 2.05) is 6.20 Å². The van der Waals surface area contributed by atoms with E-state index in [2.05, 4.69) is 10.3 Å². The Labute approximate surface area is 114 Å². The van der Waals surface area contributed by atoms with E-state index in [0.29, 0.717) is 0 Å². The molecule has 2 nitrogen and oxygen atoms in total. The van der Waals surface area contributed by atoms with Crippen molar-refractivity contribution in [1.82, 2.24) is 4.98 Å². The molecule has 0 spiro atoms. The lowest BCUT2D eigenvalue weighted by atomic mass is 9.90. The summed E-state index contributed by atoms with van der Waals surface area (Å²) in [7, 11) is 0. The molecule has 18 heavy (non-hydrogen) atoms. The number of aromatic nitrogens is 1. The average Bonchev–Trinajstić information content (AvgIpc) is 2.70. The molecule has 1 N–H and O–H groups in total. The van der Waals surface area contributed by atoms with E-state index < -0.39 is 0 Å². The Morgan fingerprint density at radius 3 is 2.78 bits per heavy atom. The molecule has 1 saturated carbocycles. The quantitative estimate of drug-likeness (QED) is 0.809. The normalized spacial score (nSPS) is 20.3. The maximum atomic E-state index is 6.38. The van der Waals surface area contributed by atoms with E-state index in [9.17, 15) is 0 Å². The predicted octanol–water partition coefficient (Wildman–Crippen LogP) is 4.22. The summed E-state index contributed by atoms with van der Waals surface area (Å²) in [5.74, 6) is 1.90. The van der Waals surface area contributed by atoms with Crippen molar-refractivity contribution in [2.75, 3.05) is 11.9 Å². The van der Waals surface area contributed by atoms with Gasteiger partial charge in [-0.05, 0) is 24.3 Å². The molecular weight excluding hydrogens is 244 g/mol. The Kier molecular flexibility index (Phi) is 3.74. The zero-order valence-corrected chi connectivity index (χ0v) is 11.6. The van der Waals surface area contributed by atoms with Crippen LogP contribution < -0.4 is 5.32 Å². The number of halogens is 1. The van der Waals surface area contributed by atoms with Crippen molar-refractivity contribution in [3.63, 3.8) is 0 Å². The summed E-state index contributed by atoms with van der Waals surface area (Å²) in [6.45, 7) is 1.01. The average molecular weight is 265 g/mol. The van der Waals surface area contributed by atoms with E-state index in [1.165, 1.54) is 49.7 Å². The molecule has 0 bridgehead atoms. The first-order chi connectivity index (χ1) is 8.84. The summed E-state index contributed by atoms with van der Waals surface area (Å²) < 4.78 is 0. The van der Waals surface area contributed by atoms with Gasteiger partial charge in [0.05, 0.1) is 5.02 Å². The first kappa shape index (κ1) is 12.3. The molecule has 2 heterocycles. The van der Waals surface area contributed by atoms with E-state index in [0.717, 1.165) is 36.1 Å². The third kappa shape index (κ3) is 2.49. The molecular formula is C15H21ClN2. The van der Waals surface area contributed by atoms with Crippen LogP contribution in [0.4, 0.5) is 5.82 Å². The Bertz CT molecular complexity index is 423. The molecule has 1 aliphatic heterocycles. The lowest BCUT2D eigenvalue weighted by Crippen LogP contribution is -2.06. The van der Waals surface area contributed by atoms with E-state index in [1.54, 1.807) is 0 Å². The molecule has 0 saturated heterocycles. The molecule has 1 aromatic heterocycles. The Balaban J connectivity index is 1.81. The van der Waals surface area contributed by atoms with Crippen molar-refractivity contribution in [2.24, 2.45) is 5.92 Å². The second-order valence-corrected chi connectivity index (χ2v) is 6.06. The molecule has 0 atom stereocenters. The predicted molar refractivity (Wildman–Crippen MR) is 76.3 cm³/mol. The fourth-order valence-electron chi connectivity index (χ4n) is 3.37. The topological polar surface area (TPSA) is 24.9 Å².